The minimum Gasteiger partial charge on any atom is -0.383 e. The lowest BCUT2D eigenvalue weighted by Gasteiger charge is -2.29. The van der Waals surface area contributed by atoms with Crippen molar-refractivity contribution in [1.82, 2.24) is 10.3 Å². The second-order valence-corrected chi connectivity index (χ2v) is 8.16. The largest absolute Gasteiger partial charge is 0.383 e. The topological polar surface area (TPSA) is 34.1 Å². The van der Waals surface area contributed by atoms with Crippen molar-refractivity contribution in [3.05, 3.63) is 16.1 Å². The summed E-state index contributed by atoms with van der Waals surface area (Å²) in [5, 5.41) is 7.29. The molecule has 0 saturated heterocycles. The van der Waals surface area contributed by atoms with E-state index in [1.165, 1.54) is 36.4 Å². The molecule has 1 aromatic rings. The van der Waals surface area contributed by atoms with Crippen molar-refractivity contribution in [2.24, 2.45) is 5.92 Å². The highest BCUT2D eigenvalue weighted by molar-refractivity contribution is 7.09. The Morgan fingerprint density at radius 1 is 1.48 bits per heavy atom. The fourth-order valence-electron chi connectivity index (χ4n) is 3.16. The van der Waals surface area contributed by atoms with E-state index in [4.69, 9.17) is 9.72 Å². The van der Waals surface area contributed by atoms with Crippen molar-refractivity contribution < 1.29 is 4.74 Å². The summed E-state index contributed by atoms with van der Waals surface area (Å²) in [6.45, 7) is 10.7. The predicted octanol–water partition coefficient (Wildman–Crippen LogP) is 4.08. The average Bonchev–Trinajstić information content (AvgIpc) is 3.06. The van der Waals surface area contributed by atoms with E-state index in [-0.39, 0.29) is 11.0 Å². The molecule has 1 aliphatic rings. The van der Waals surface area contributed by atoms with Crippen LogP contribution in [0.15, 0.2) is 5.38 Å². The average molecular weight is 311 g/mol. The van der Waals surface area contributed by atoms with Gasteiger partial charge in [-0.05, 0) is 25.2 Å². The van der Waals surface area contributed by atoms with Gasteiger partial charge in [0.05, 0.1) is 17.8 Å². The molecule has 1 heterocycles. The fraction of sp³-hybridized carbons (Fsp3) is 0.824. The summed E-state index contributed by atoms with van der Waals surface area (Å²) < 4.78 is 5.22. The number of aromatic nitrogens is 1. The van der Waals surface area contributed by atoms with Gasteiger partial charge in [-0.2, -0.15) is 0 Å². The molecular formula is C17H30N2OS. The van der Waals surface area contributed by atoms with Gasteiger partial charge >= 0.3 is 0 Å². The monoisotopic (exact) mass is 310 g/mol. The fourth-order valence-corrected chi connectivity index (χ4v) is 4.42. The van der Waals surface area contributed by atoms with Gasteiger partial charge in [-0.3, -0.25) is 0 Å². The standard InChI is InChI=1S/C17H30N2OS/c1-6-13-7-8-17(11-13,18-9-10-20-5)15-19-14(12-21-15)16(2,3)4/h12-13,18H,6-11H2,1-5H3. The van der Waals surface area contributed by atoms with Crippen LogP contribution in [0.25, 0.3) is 0 Å². The highest BCUT2D eigenvalue weighted by atomic mass is 32.1. The molecular weight excluding hydrogens is 280 g/mol. The highest BCUT2D eigenvalue weighted by Crippen LogP contribution is 2.45. The van der Waals surface area contributed by atoms with Crippen molar-refractivity contribution in [3.63, 3.8) is 0 Å². The lowest BCUT2D eigenvalue weighted by atomic mass is 9.92. The summed E-state index contributed by atoms with van der Waals surface area (Å²) in [6.07, 6.45) is 4.99. The van der Waals surface area contributed by atoms with Crippen LogP contribution in [0.5, 0.6) is 0 Å². The van der Waals surface area contributed by atoms with Gasteiger partial charge in [-0.25, -0.2) is 4.98 Å². The summed E-state index contributed by atoms with van der Waals surface area (Å²) in [4.78, 5) is 5.00. The Kier molecular flexibility index (Phi) is 5.44. The molecule has 2 atom stereocenters. The van der Waals surface area contributed by atoms with Crippen LogP contribution >= 0.6 is 11.3 Å². The van der Waals surface area contributed by atoms with Crippen LogP contribution in [0.4, 0.5) is 0 Å². The van der Waals surface area contributed by atoms with E-state index in [0.717, 1.165) is 19.1 Å². The molecule has 3 nitrogen and oxygen atoms in total. The number of hydrogen-bond donors (Lipinski definition) is 1. The van der Waals surface area contributed by atoms with Gasteiger partial charge in [-0.15, -0.1) is 11.3 Å². The summed E-state index contributed by atoms with van der Waals surface area (Å²) in [5.41, 5.74) is 1.42. The quantitative estimate of drug-likeness (QED) is 0.804. The predicted molar refractivity (Wildman–Crippen MR) is 90.0 cm³/mol. The lowest BCUT2D eigenvalue weighted by molar-refractivity contribution is 0.182. The first-order valence-corrected chi connectivity index (χ1v) is 8.99. The molecule has 0 aromatic carbocycles. The molecule has 0 radical (unpaired) electrons. The molecule has 0 amide bonds. The van der Waals surface area contributed by atoms with E-state index in [2.05, 4.69) is 38.4 Å². The third-order valence-electron chi connectivity index (χ3n) is 4.65. The molecule has 21 heavy (non-hydrogen) atoms. The second-order valence-electron chi connectivity index (χ2n) is 7.31. The molecule has 0 bridgehead atoms. The Bertz CT molecular complexity index is 452. The van der Waals surface area contributed by atoms with E-state index in [0.29, 0.717) is 0 Å². The van der Waals surface area contributed by atoms with Crippen LogP contribution < -0.4 is 5.32 Å². The maximum absolute atomic E-state index is 5.22. The summed E-state index contributed by atoms with van der Waals surface area (Å²) in [5.74, 6) is 0.821. The number of nitrogens with one attached hydrogen (secondary N) is 1. The zero-order valence-electron chi connectivity index (χ0n) is 14.2. The summed E-state index contributed by atoms with van der Waals surface area (Å²) in [7, 11) is 1.76. The summed E-state index contributed by atoms with van der Waals surface area (Å²) >= 11 is 1.83. The van der Waals surface area contributed by atoms with Crippen molar-refractivity contribution in [3.8, 4) is 0 Å². The number of ether oxygens (including phenoxy) is 1. The van der Waals surface area contributed by atoms with Gasteiger partial charge in [0.2, 0.25) is 0 Å². The third kappa shape index (κ3) is 3.85. The van der Waals surface area contributed by atoms with Gasteiger partial charge in [0.15, 0.2) is 0 Å². The first-order valence-electron chi connectivity index (χ1n) is 8.12. The molecule has 2 unspecified atom stereocenters. The van der Waals surface area contributed by atoms with Crippen LogP contribution in [-0.4, -0.2) is 25.2 Å². The molecule has 2 rings (SSSR count). The van der Waals surface area contributed by atoms with Gasteiger partial charge < -0.3 is 10.1 Å². The molecule has 1 fully saturated rings. The van der Waals surface area contributed by atoms with E-state index >= 15 is 0 Å². The van der Waals surface area contributed by atoms with Crippen LogP contribution in [0.3, 0.4) is 0 Å². The van der Waals surface area contributed by atoms with Crippen molar-refractivity contribution >= 4 is 11.3 Å². The van der Waals surface area contributed by atoms with Crippen LogP contribution in [0.2, 0.25) is 0 Å². The van der Waals surface area contributed by atoms with E-state index < -0.39 is 0 Å². The van der Waals surface area contributed by atoms with Gasteiger partial charge in [0, 0.05) is 24.4 Å². The highest BCUT2D eigenvalue weighted by Gasteiger charge is 2.42. The Hall–Kier alpha value is -0.450. The van der Waals surface area contributed by atoms with E-state index in [1.807, 2.05) is 11.3 Å². The van der Waals surface area contributed by atoms with Crippen molar-refractivity contribution in [2.45, 2.75) is 64.3 Å². The minimum absolute atomic E-state index is 0.0768. The van der Waals surface area contributed by atoms with Crippen LogP contribution in [-0.2, 0) is 15.7 Å². The zero-order chi connectivity index (χ0) is 15.5. The maximum Gasteiger partial charge on any atom is 0.113 e. The first-order chi connectivity index (χ1) is 9.91. The SMILES string of the molecule is CCC1CCC(NCCOC)(c2nc(C(C)(C)C)cs2)C1. The van der Waals surface area contributed by atoms with E-state index in [1.54, 1.807) is 7.11 Å². The van der Waals surface area contributed by atoms with Gasteiger partial charge in [0.1, 0.15) is 5.01 Å². The molecule has 0 aliphatic heterocycles. The zero-order valence-corrected chi connectivity index (χ0v) is 15.0. The van der Waals surface area contributed by atoms with Crippen molar-refractivity contribution in [1.29, 1.82) is 0 Å². The number of nitrogens with zero attached hydrogens (tertiary/aromatic N) is 1. The minimum atomic E-state index is 0.0768. The molecule has 0 spiro atoms. The van der Waals surface area contributed by atoms with Crippen LogP contribution in [0.1, 0.15) is 64.1 Å². The number of thiazole rings is 1. The number of methoxy groups -OCH3 is 1. The Morgan fingerprint density at radius 2 is 2.24 bits per heavy atom. The Morgan fingerprint density at radius 3 is 2.76 bits per heavy atom. The van der Waals surface area contributed by atoms with Gasteiger partial charge in [-0.1, -0.05) is 34.1 Å². The maximum atomic E-state index is 5.22. The Labute approximate surface area is 133 Å². The van der Waals surface area contributed by atoms with E-state index in [9.17, 15) is 0 Å². The second kappa shape index (κ2) is 6.76. The lowest BCUT2D eigenvalue weighted by Crippen LogP contribution is -2.42. The Balaban J connectivity index is 2.21. The molecule has 4 heteroatoms. The molecule has 1 saturated carbocycles. The number of rotatable bonds is 6. The smallest absolute Gasteiger partial charge is 0.113 e. The molecule has 1 aliphatic carbocycles. The first kappa shape index (κ1) is 16.9. The molecule has 1 aromatic heterocycles. The third-order valence-corrected chi connectivity index (χ3v) is 5.69. The normalized spacial score (nSPS) is 26.4. The number of hydrogen-bond acceptors (Lipinski definition) is 4. The summed E-state index contributed by atoms with van der Waals surface area (Å²) in [6, 6.07) is 0. The van der Waals surface area contributed by atoms with Gasteiger partial charge in [0.25, 0.3) is 0 Å². The molecule has 120 valence electrons. The van der Waals surface area contributed by atoms with Crippen LogP contribution in [0, 0.1) is 5.92 Å². The van der Waals surface area contributed by atoms with Crippen molar-refractivity contribution in [2.75, 3.05) is 20.3 Å². The molecule has 1 N–H and O–H groups in total.